The van der Waals surface area contributed by atoms with Gasteiger partial charge in [-0.05, 0) is 51.4 Å². The van der Waals surface area contributed by atoms with Gasteiger partial charge in [-0.2, -0.15) is 0 Å². The molecular weight excluding hydrogens is 488 g/mol. The van der Waals surface area contributed by atoms with Gasteiger partial charge in [0.05, 0.1) is 35.8 Å². The van der Waals surface area contributed by atoms with Gasteiger partial charge in [-0.1, -0.05) is 39.3 Å². The van der Waals surface area contributed by atoms with E-state index in [1.165, 1.54) is 0 Å². The number of thioether (sulfide) groups is 1. The Morgan fingerprint density at radius 2 is 2.00 bits per heavy atom. The van der Waals surface area contributed by atoms with Crippen LogP contribution in [0.2, 0.25) is 0 Å². The van der Waals surface area contributed by atoms with Crippen molar-refractivity contribution in [3.05, 3.63) is 25.3 Å². The van der Waals surface area contributed by atoms with Crippen molar-refractivity contribution in [2.24, 2.45) is 17.8 Å². The molecule has 3 aliphatic heterocycles. The third-order valence-corrected chi connectivity index (χ3v) is 10.3. The summed E-state index contributed by atoms with van der Waals surface area (Å²) in [5, 5.41) is 10.4. The highest BCUT2D eigenvalue weighted by Crippen LogP contribution is 2.71. The van der Waals surface area contributed by atoms with E-state index in [1.807, 2.05) is 0 Å². The van der Waals surface area contributed by atoms with Crippen LogP contribution in [-0.2, 0) is 19.1 Å². The second kappa shape index (κ2) is 12.4. The number of esters is 1. The van der Waals surface area contributed by atoms with E-state index >= 15 is 0 Å². The molecule has 0 aromatic carbocycles. The van der Waals surface area contributed by atoms with Gasteiger partial charge >= 0.3 is 5.97 Å². The molecule has 1 spiro atoms. The van der Waals surface area contributed by atoms with Crippen molar-refractivity contribution >= 4 is 29.5 Å². The maximum atomic E-state index is 14.3. The molecule has 3 aliphatic rings. The van der Waals surface area contributed by atoms with Crippen LogP contribution in [0.1, 0.15) is 72.6 Å². The van der Waals surface area contributed by atoms with E-state index in [0.29, 0.717) is 39.0 Å². The third kappa shape index (κ3) is 5.51. The van der Waals surface area contributed by atoms with Gasteiger partial charge < -0.3 is 19.6 Å². The van der Waals surface area contributed by atoms with E-state index in [4.69, 9.17) is 4.74 Å². The fourth-order valence-electron chi connectivity index (χ4n) is 6.67. The minimum Gasteiger partial charge on any atom is -0.465 e. The lowest BCUT2D eigenvalue weighted by Gasteiger charge is -2.40. The lowest BCUT2D eigenvalue weighted by Crippen LogP contribution is -2.57. The van der Waals surface area contributed by atoms with E-state index in [9.17, 15) is 19.5 Å². The van der Waals surface area contributed by atoms with Gasteiger partial charge in [0.2, 0.25) is 11.8 Å². The van der Waals surface area contributed by atoms with Crippen LogP contribution in [-0.4, -0.2) is 80.6 Å². The molecule has 0 saturated carbocycles. The molecular formula is C29H46N2O5S. The summed E-state index contributed by atoms with van der Waals surface area (Å²) in [6, 6.07) is -1.20. The smallest absolute Gasteiger partial charge is 0.311 e. The SMILES string of the molecule is C=CCCCOC(=O)[C@H]1[C@H]2C(=O)N([C@@H](CO)CC(C)C)C(C(=O)N(CC=C)CCCC)C23CC[C@]1(C)S3. The molecule has 2 amide bonds. The summed E-state index contributed by atoms with van der Waals surface area (Å²) in [7, 11) is 0. The van der Waals surface area contributed by atoms with Crippen molar-refractivity contribution in [2.75, 3.05) is 26.3 Å². The van der Waals surface area contributed by atoms with Crippen LogP contribution >= 0.6 is 11.8 Å². The standard InChI is InChI=1S/C29H46N2O5S/c1-7-10-12-17-36-27(35)23-22-25(33)31(21(19-32)18-20(4)5)24(29(22)14-13-28(23,6)37-29)26(34)30(15-9-3)16-11-8-2/h7,9,20-24,32H,1,3,8,10-19H2,2,4-6H3/t21-,22+,23-,24?,28+,29?/m1/s1. The Bertz CT molecular complexity index is 878. The zero-order valence-electron chi connectivity index (χ0n) is 23.1. The number of amides is 2. The summed E-state index contributed by atoms with van der Waals surface area (Å²) in [6.45, 7) is 16.9. The number of allylic oxidation sites excluding steroid dienone is 1. The number of likely N-dealkylation sites (tertiary alicyclic amines) is 1. The highest BCUT2D eigenvalue weighted by atomic mass is 32.2. The average molecular weight is 535 g/mol. The number of rotatable bonds is 15. The highest BCUT2D eigenvalue weighted by molar-refractivity contribution is 8.02. The molecule has 0 radical (unpaired) electrons. The number of fused-ring (bicyclic) bond motifs is 1. The second-order valence-electron chi connectivity index (χ2n) is 11.5. The minimum atomic E-state index is -0.719. The van der Waals surface area contributed by atoms with Gasteiger partial charge in [-0.3, -0.25) is 14.4 Å². The number of carbonyl (C=O) groups is 3. The predicted octanol–water partition coefficient (Wildman–Crippen LogP) is 4.20. The molecule has 1 N–H and O–H groups in total. The van der Waals surface area contributed by atoms with Crippen LogP contribution in [0, 0.1) is 17.8 Å². The zero-order valence-corrected chi connectivity index (χ0v) is 23.9. The van der Waals surface area contributed by atoms with E-state index in [0.717, 1.165) is 25.7 Å². The van der Waals surface area contributed by atoms with Crippen LogP contribution in [0.25, 0.3) is 0 Å². The number of unbranched alkanes of at least 4 members (excludes halogenated alkanes) is 2. The number of aliphatic hydroxyl groups excluding tert-OH is 1. The predicted molar refractivity (Wildman–Crippen MR) is 148 cm³/mol. The molecule has 2 unspecified atom stereocenters. The van der Waals surface area contributed by atoms with Crippen molar-refractivity contribution in [3.8, 4) is 0 Å². The Labute approximate surface area is 227 Å². The van der Waals surface area contributed by atoms with Crippen LogP contribution < -0.4 is 0 Å². The number of hydrogen-bond donors (Lipinski definition) is 1. The molecule has 3 rings (SSSR count). The molecule has 6 atom stereocenters. The first-order valence-corrected chi connectivity index (χ1v) is 14.7. The van der Waals surface area contributed by atoms with Crippen LogP contribution in [0.4, 0.5) is 0 Å². The van der Waals surface area contributed by atoms with E-state index < -0.39 is 33.4 Å². The van der Waals surface area contributed by atoms with Gasteiger partial charge in [0.15, 0.2) is 0 Å². The van der Waals surface area contributed by atoms with E-state index in [1.54, 1.807) is 33.7 Å². The van der Waals surface area contributed by atoms with E-state index in [-0.39, 0.29) is 30.3 Å². The number of nitrogens with zero attached hydrogens (tertiary/aromatic N) is 2. The van der Waals surface area contributed by atoms with Crippen molar-refractivity contribution < 1.29 is 24.2 Å². The number of aliphatic hydroxyl groups is 1. The first-order chi connectivity index (χ1) is 17.6. The monoisotopic (exact) mass is 534 g/mol. The number of ether oxygens (including phenoxy) is 1. The minimum absolute atomic E-state index is 0.0943. The molecule has 37 heavy (non-hydrogen) atoms. The Hall–Kier alpha value is -1.80. The summed E-state index contributed by atoms with van der Waals surface area (Å²) in [5.41, 5.74) is 0. The lowest BCUT2D eigenvalue weighted by atomic mass is 9.66. The summed E-state index contributed by atoms with van der Waals surface area (Å²) < 4.78 is 4.53. The van der Waals surface area contributed by atoms with E-state index in [2.05, 4.69) is 40.9 Å². The molecule has 3 saturated heterocycles. The Kier molecular flexibility index (Phi) is 9.95. The average Bonchev–Trinajstić information content (AvgIpc) is 3.43. The van der Waals surface area contributed by atoms with Gasteiger partial charge in [-0.15, -0.1) is 24.9 Å². The van der Waals surface area contributed by atoms with Gasteiger partial charge in [0.25, 0.3) is 0 Å². The molecule has 3 heterocycles. The van der Waals surface area contributed by atoms with Crippen molar-refractivity contribution in [1.29, 1.82) is 0 Å². The first kappa shape index (κ1) is 29.8. The fraction of sp³-hybridized carbons (Fsp3) is 0.759. The molecule has 8 heteroatoms. The molecule has 0 aliphatic carbocycles. The molecule has 208 valence electrons. The summed E-state index contributed by atoms with van der Waals surface area (Å²) in [4.78, 5) is 45.6. The molecule has 0 aromatic heterocycles. The van der Waals surface area contributed by atoms with Crippen molar-refractivity contribution in [3.63, 3.8) is 0 Å². The quantitative estimate of drug-likeness (QED) is 0.193. The maximum Gasteiger partial charge on any atom is 0.311 e. The topological polar surface area (TPSA) is 87.1 Å². The van der Waals surface area contributed by atoms with Crippen LogP contribution in [0.5, 0.6) is 0 Å². The zero-order chi connectivity index (χ0) is 27.4. The molecule has 2 bridgehead atoms. The summed E-state index contributed by atoms with van der Waals surface area (Å²) >= 11 is 1.65. The Balaban J connectivity index is 2.04. The summed E-state index contributed by atoms with van der Waals surface area (Å²) in [5.74, 6) is -1.63. The molecule has 7 nitrogen and oxygen atoms in total. The largest absolute Gasteiger partial charge is 0.465 e. The molecule has 0 aromatic rings. The lowest BCUT2D eigenvalue weighted by molar-refractivity contribution is -0.156. The normalized spacial score (nSPS) is 30.9. The Morgan fingerprint density at radius 3 is 2.59 bits per heavy atom. The van der Waals surface area contributed by atoms with Crippen LogP contribution in [0.15, 0.2) is 25.3 Å². The fourth-order valence-corrected chi connectivity index (χ4v) is 9.00. The van der Waals surface area contributed by atoms with Gasteiger partial charge in [0.1, 0.15) is 6.04 Å². The van der Waals surface area contributed by atoms with Gasteiger partial charge in [0, 0.05) is 17.8 Å². The maximum absolute atomic E-state index is 14.3. The van der Waals surface area contributed by atoms with Gasteiger partial charge in [-0.25, -0.2) is 0 Å². The second-order valence-corrected chi connectivity index (χ2v) is 13.4. The first-order valence-electron chi connectivity index (χ1n) is 13.9. The van der Waals surface area contributed by atoms with Crippen LogP contribution in [0.3, 0.4) is 0 Å². The number of hydrogen-bond acceptors (Lipinski definition) is 6. The Morgan fingerprint density at radius 1 is 1.27 bits per heavy atom. The van der Waals surface area contributed by atoms with Crippen molar-refractivity contribution in [1.82, 2.24) is 9.80 Å². The summed E-state index contributed by atoms with van der Waals surface area (Å²) in [6.07, 6.45) is 8.79. The van der Waals surface area contributed by atoms with Crippen molar-refractivity contribution in [2.45, 2.75) is 94.2 Å². The molecule has 3 fully saturated rings. The highest BCUT2D eigenvalue weighted by Gasteiger charge is 2.78. The number of carbonyl (C=O) groups excluding carboxylic acids is 3. The third-order valence-electron chi connectivity index (χ3n) is 8.29.